The number of rotatable bonds is 3. The minimum Gasteiger partial charge on any atom is -0.493 e. The summed E-state index contributed by atoms with van der Waals surface area (Å²) in [5, 5.41) is 4.63. The number of fused-ring (bicyclic) bond motifs is 1. The van der Waals surface area contributed by atoms with Gasteiger partial charge in [0.1, 0.15) is 0 Å². The lowest BCUT2D eigenvalue weighted by molar-refractivity contribution is 0.150. The van der Waals surface area contributed by atoms with Gasteiger partial charge >= 0.3 is 0 Å². The van der Waals surface area contributed by atoms with E-state index in [9.17, 15) is 0 Å². The van der Waals surface area contributed by atoms with E-state index in [4.69, 9.17) is 9.72 Å². The summed E-state index contributed by atoms with van der Waals surface area (Å²) in [5.41, 5.74) is 0.807. The van der Waals surface area contributed by atoms with E-state index in [0.29, 0.717) is 6.04 Å². The van der Waals surface area contributed by atoms with Gasteiger partial charge in [0.05, 0.1) is 13.2 Å². The normalized spacial score (nSPS) is 20.8. The second kappa shape index (κ2) is 5.17. The predicted octanol–water partition coefficient (Wildman–Crippen LogP) is 2.28. The summed E-state index contributed by atoms with van der Waals surface area (Å²) < 4.78 is 7.16. The van der Waals surface area contributed by atoms with E-state index in [2.05, 4.69) is 16.9 Å². The van der Waals surface area contributed by atoms with Gasteiger partial charge in [-0.15, -0.1) is 5.10 Å². The predicted molar refractivity (Wildman–Crippen MR) is 73.4 cm³/mol. The van der Waals surface area contributed by atoms with Crippen molar-refractivity contribution in [3.05, 3.63) is 24.2 Å². The molecule has 0 saturated carbocycles. The molecule has 2 aromatic rings. The van der Waals surface area contributed by atoms with E-state index in [0.717, 1.165) is 36.7 Å². The Morgan fingerprint density at radius 1 is 1.42 bits per heavy atom. The number of ether oxygens (including phenoxy) is 1. The van der Waals surface area contributed by atoms with E-state index in [-0.39, 0.29) is 0 Å². The third kappa shape index (κ3) is 2.18. The van der Waals surface area contributed by atoms with Crippen LogP contribution in [0.2, 0.25) is 0 Å². The standard InChI is InChI=1S/C14H20N4O/c1-3-17-9-5-4-7-11(17)13-15-14-12(19-2)8-6-10-18(14)16-13/h6,8,10-11H,3-5,7,9H2,1-2H3. The highest BCUT2D eigenvalue weighted by atomic mass is 16.5. The van der Waals surface area contributed by atoms with Crippen molar-refractivity contribution in [2.45, 2.75) is 32.2 Å². The molecular formula is C14H20N4O. The van der Waals surface area contributed by atoms with Gasteiger partial charge < -0.3 is 4.74 Å². The lowest BCUT2D eigenvalue weighted by Crippen LogP contribution is -2.33. The first kappa shape index (κ1) is 12.4. The van der Waals surface area contributed by atoms with Crippen LogP contribution < -0.4 is 4.74 Å². The molecule has 0 aromatic carbocycles. The van der Waals surface area contributed by atoms with Crippen molar-refractivity contribution in [2.24, 2.45) is 0 Å². The van der Waals surface area contributed by atoms with E-state index < -0.39 is 0 Å². The summed E-state index contributed by atoms with van der Waals surface area (Å²) >= 11 is 0. The summed E-state index contributed by atoms with van der Waals surface area (Å²) in [4.78, 5) is 7.15. The zero-order valence-corrected chi connectivity index (χ0v) is 11.5. The fraction of sp³-hybridized carbons (Fsp3) is 0.571. The molecule has 0 bridgehead atoms. The Hall–Kier alpha value is -1.62. The first-order valence-electron chi connectivity index (χ1n) is 6.97. The summed E-state index contributed by atoms with van der Waals surface area (Å²) in [6.45, 7) is 4.40. The van der Waals surface area contributed by atoms with Gasteiger partial charge in [-0.25, -0.2) is 9.50 Å². The molecule has 3 heterocycles. The van der Waals surface area contributed by atoms with Gasteiger partial charge in [0.25, 0.3) is 0 Å². The monoisotopic (exact) mass is 260 g/mol. The minimum absolute atomic E-state index is 0.350. The van der Waals surface area contributed by atoms with Gasteiger partial charge in [-0.05, 0) is 38.1 Å². The number of aromatic nitrogens is 3. The maximum atomic E-state index is 5.34. The molecule has 1 aliphatic rings. The third-order valence-electron chi connectivity index (χ3n) is 3.88. The largest absolute Gasteiger partial charge is 0.493 e. The van der Waals surface area contributed by atoms with Gasteiger partial charge in [0.2, 0.25) is 0 Å². The van der Waals surface area contributed by atoms with Crippen LogP contribution in [0.5, 0.6) is 5.75 Å². The molecule has 1 fully saturated rings. The molecular weight excluding hydrogens is 240 g/mol. The Kier molecular flexibility index (Phi) is 3.38. The van der Waals surface area contributed by atoms with Crippen LogP contribution in [-0.4, -0.2) is 39.7 Å². The van der Waals surface area contributed by atoms with Crippen LogP contribution >= 0.6 is 0 Å². The average Bonchev–Trinajstić information content (AvgIpc) is 2.90. The second-order valence-corrected chi connectivity index (χ2v) is 4.95. The minimum atomic E-state index is 0.350. The van der Waals surface area contributed by atoms with Gasteiger partial charge in [-0.3, -0.25) is 4.90 Å². The highest BCUT2D eigenvalue weighted by molar-refractivity contribution is 5.52. The maximum Gasteiger partial charge on any atom is 0.198 e. The van der Waals surface area contributed by atoms with Crippen LogP contribution in [0.3, 0.4) is 0 Å². The van der Waals surface area contributed by atoms with E-state index in [1.165, 1.54) is 12.8 Å². The maximum absolute atomic E-state index is 5.34. The molecule has 2 aromatic heterocycles. The Morgan fingerprint density at radius 2 is 2.32 bits per heavy atom. The molecule has 19 heavy (non-hydrogen) atoms. The molecule has 1 atom stereocenters. The van der Waals surface area contributed by atoms with Crippen molar-refractivity contribution >= 4 is 5.65 Å². The molecule has 1 aliphatic heterocycles. The van der Waals surface area contributed by atoms with Crippen LogP contribution in [0.25, 0.3) is 5.65 Å². The Balaban J connectivity index is 2.00. The number of hydrogen-bond donors (Lipinski definition) is 0. The summed E-state index contributed by atoms with van der Waals surface area (Å²) in [6, 6.07) is 4.21. The molecule has 0 spiro atoms. The highest BCUT2D eigenvalue weighted by Crippen LogP contribution is 2.29. The molecule has 5 heteroatoms. The van der Waals surface area contributed by atoms with Crippen molar-refractivity contribution in [3.8, 4) is 5.75 Å². The van der Waals surface area contributed by atoms with Crippen LogP contribution in [0.4, 0.5) is 0 Å². The van der Waals surface area contributed by atoms with Crippen molar-refractivity contribution in [1.82, 2.24) is 19.5 Å². The van der Waals surface area contributed by atoms with Crippen molar-refractivity contribution in [3.63, 3.8) is 0 Å². The number of hydrogen-bond acceptors (Lipinski definition) is 4. The molecule has 102 valence electrons. The third-order valence-corrected chi connectivity index (χ3v) is 3.88. The van der Waals surface area contributed by atoms with Crippen LogP contribution in [0, 0.1) is 0 Å². The topological polar surface area (TPSA) is 42.7 Å². The number of nitrogens with zero attached hydrogens (tertiary/aromatic N) is 4. The van der Waals surface area contributed by atoms with Crippen LogP contribution in [0.15, 0.2) is 18.3 Å². The lowest BCUT2D eigenvalue weighted by Gasteiger charge is -2.32. The lowest BCUT2D eigenvalue weighted by atomic mass is 10.0. The first-order valence-corrected chi connectivity index (χ1v) is 6.97. The summed E-state index contributed by atoms with van der Waals surface area (Å²) in [6.07, 6.45) is 5.61. The van der Waals surface area contributed by atoms with Gasteiger partial charge in [-0.2, -0.15) is 0 Å². The van der Waals surface area contributed by atoms with Crippen LogP contribution in [-0.2, 0) is 0 Å². The van der Waals surface area contributed by atoms with Crippen LogP contribution in [0.1, 0.15) is 38.1 Å². The molecule has 3 rings (SSSR count). The van der Waals surface area contributed by atoms with E-state index in [1.807, 2.05) is 22.8 Å². The summed E-state index contributed by atoms with van der Waals surface area (Å²) in [7, 11) is 1.67. The molecule has 0 radical (unpaired) electrons. The molecule has 1 saturated heterocycles. The highest BCUT2D eigenvalue weighted by Gasteiger charge is 2.26. The van der Waals surface area contributed by atoms with Gasteiger partial charge in [0.15, 0.2) is 17.2 Å². The zero-order chi connectivity index (χ0) is 13.2. The van der Waals surface area contributed by atoms with Gasteiger partial charge in [-0.1, -0.05) is 13.3 Å². The van der Waals surface area contributed by atoms with E-state index >= 15 is 0 Å². The SMILES string of the molecule is CCN1CCCCC1c1nc2c(OC)cccn2n1. The Morgan fingerprint density at radius 3 is 3.11 bits per heavy atom. The molecule has 1 unspecified atom stereocenters. The number of piperidine rings is 1. The van der Waals surface area contributed by atoms with Crippen molar-refractivity contribution in [2.75, 3.05) is 20.2 Å². The molecule has 0 aliphatic carbocycles. The molecule has 0 N–H and O–H groups in total. The fourth-order valence-corrected chi connectivity index (χ4v) is 2.86. The second-order valence-electron chi connectivity index (χ2n) is 4.95. The van der Waals surface area contributed by atoms with Crippen molar-refractivity contribution < 1.29 is 4.74 Å². The van der Waals surface area contributed by atoms with E-state index in [1.54, 1.807) is 7.11 Å². The average molecular weight is 260 g/mol. The number of pyridine rings is 1. The summed E-state index contributed by atoms with van der Waals surface area (Å²) in [5.74, 6) is 1.70. The van der Waals surface area contributed by atoms with Crippen molar-refractivity contribution in [1.29, 1.82) is 0 Å². The molecule has 5 nitrogen and oxygen atoms in total. The Labute approximate surface area is 113 Å². The first-order chi connectivity index (χ1) is 9.33. The number of methoxy groups -OCH3 is 1. The number of likely N-dealkylation sites (tertiary alicyclic amines) is 1. The Bertz CT molecular complexity index is 566. The van der Waals surface area contributed by atoms with Gasteiger partial charge in [0, 0.05) is 6.20 Å². The smallest absolute Gasteiger partial charge is 0.198 e. The quantitative estimate of drug-likeness (QED) is 0.849. The fourth-order valence-electron chi connectivity index (χ4n) is 2.86. The molecule has 0 amide bonds. The zero-order valence-electron chi connectivity index (χ0n) is 11.5.